The lowest BCUT2D eigenvalue weighted by atomic mass is 9.80. The summed E-state index contributed by atoms with van der Waals surface area (Å²) in [6.07, 6.45) is 3.81. The molecule has 2 rings (SSSR count). The molecular weight excluding hydrogens is 290 g/mol. The van der Waals surface area contributed by atoms with E-state index < -0.39 is 0 Å². The van der Waals surface area contributed by atoms with Crippen LogP contribution in [0.1, 0.15) is 40.0 Å². The Labute approximate surface area is 121 Å². The molecule has 0 radical (unpaired) electrons. The van der Waals surface area contributed by atoms with E-state index in [9.17, 15) is 0 Å². The predicted octanol–water partition coefficient (Wildman–Crippen LogP) is 3.55. The molecule has 0 saturated carbocycles. The van der Waals surface area contributed by atoms with Gasteiger partial charge in [-0.05, 0) is 42.6 Å². The molecule has 0 aromatic rings. The summed E-state index contributed by atoms with van der Waals surface area (Å²) in [5.41, 5.74) is 0.928. The van der Waals surface area contributed by atoms with E-state index in [1.165, 1.54) is 38.9 Å². The van der Waals surface area contributed by atoms with Crippen molar-refractivity contribution in [1.82, 2.24) is 4.90 Å². The molecule has 0 N–H and O–H groups in total. The van der Waals surface area contributed by atoms with Crippen molar-refractivity contribution < 1.29 is 4.74 Å². The normalized spacial score (nSPS) is 29.7. The Balaban J connectivity index is 1.90. The first-order valence-corrected chi connectivity index (χ1v) is 8.43. The van der Waals surface area contributed by atoms with Crippen LogP contribution in [-0.2, 0) is 4.74 Å². The zero-order valence-electron chi connectivity index (χ0n) is 12.2. The van der Waals surface area contributed by atoms with E-state index >= 15 is 0 Å². The van der Waals surface area contributed by atoms with Crippen molar-refractivity contribution in [3.63, 3.8) is 0 Å². The van der Waals surface area contributed by atoms with Crippen LogP contribution < -0.4 is 0 Å². The number of likely N-dealkylation sites (tertiary alicyclic amines) is 1. The number of hydrogen-bond acceptors (Lipinski definition) is 2. The van der Waals surface area contributed by atoms with E-state index in [0.29, 0.717) is 10.8 Å². The Bertz CT molecular complexity index is 268. The Kier molecular flexibility index (Phi) is 4.77. The molecule has 1 unspecified atom stereocenters. The van der Waals surface area contributed by atoms with Gasteiger partial charge in [0.25, 0.3) is 0 Å². The van der Waals surface area contributed by atoms with Gasteiger partial charge in [-0.2, -0.15) is 0 Å². The molecule has 1 atom stereocenters. The molecule has 2 aliphatic rings. The lowest BCUT2D eigenvalue weighted by Gasteiger charge is -2.39. The molecule has 2 heterocycles. The van der Waals surface area contributed by atoms with Crippen molar-refractivity contribution in [2.45, 2.75) is 40.0 Å². The Hall–Kier alpha value is 0.400. The molecule has 0 aromatic carbocycles. The molecule has 3 heteroatoms. The van der Waals surface area contributed by atoms with Crippen molar-refractivity contribution in [3.05, 3.63) is 0 Å². The maximum atomic E-state index is 5.53. The van der Waals surface area contributed by atoms with E-state index in [1.54, 1.807) is 0 Å². The van der Waals surface area contributed by atoms with E-state index in [2.05, 4.69) is 41.6 Å². The van der Waals surface area contributed by atoms with Gasteiger partial charge < -0.3 is 9.64 Å². The molecule has 0 spiro atoms. The van der Waals surface area contributed by atoms with E-state index in [1.807, 2.05) is 0 Å². The third kappa shape index (κ3) is 3.49. The standard InChI is InChI=1S/C15H28BrNO/c1-14(2,3)13-4-7-17(10-13)12-15(11-16)5-8-18-9-6-15/h13H,4-12H2,1-3H3. The summed E-state index contributed by atoms with van der Waals surface area (Å²) < 4.78 is 5.53. The van der Waals surface area contributed by atoms with Crippen molar-refractivity contribution in [2.75, 3.05) is 38.2 Å². The van der Waals surface area contributed by atoms with Gasteiger partial charge in [0, 0.05) is 31.6 Å². The lowest BCUT2D eigenvalue weighted by Crippen LogP contribution is -2.42. The Morgan fingerprint density at radius 3 is 2.44 bits per heavy atom. The average molecular weight is 318 g/mol. The summed E-state index contributed by atoms with van der Waals surface area (Å²) in [5.74, 6) is 0.865. The number of alkyl halides is 1. The van der Waals surface area contributed by atoms with Crippen molar-refractivity contribution in [3.8, 4) is 0 Å². The minimum Gasteiger partial charge on any atom is -0.381 e. The lowest BCUT2D eigenvalue weighted by molar-refractivity contribution is 0.0104. The summed E-state index contributed by atoms with van der Waals surface area (Å²) in [4.78, 5) is 2.70. The monoisotopic (exact) mass is 317 g/mol. The molecule has 2 fully saturated rings. The first-order valence-electron chi connectivity index (χ1n) is 7.31. The molecule has 0 aromatic heterocycles. The highest BCUT2D eigenvalue weighted by molar-refractivity contribution is 9.09. The predicted molar refractivity (Wildman–Crippen MR) is 80.3 cm³/mol. The van der Waals surface area contributed by atoms with Crippen LogP contribution in [0.25, 0.3) is 0 Å². The fourth-order valence-corrected chi connectivity index (χ4v) is 4.03. The summed E-state index contributed by atoms with van der Waals surface area (Å²) in [6.45, 7) is 12.9. The topological polar surface area (TPSA) is 12.5 Å². The Morgan fingerprint density at radius 2 is 1.94 bits per heavy atom. The second-order valence-electron chi connectivity index (χ2n) is 7.33. The molecule has 2 nitrogen and oxygen atoms in total. The highest BCUT2D eigenvalue weighted by atomic mass is 79.9. The van der Waals surface area contributed by atoms with Crippen LogP contribution in [0.5, 0.6) is 0 Å². The zero-order valence-corrected chi connectivity index (χ0v) is 13.8. The average Bonchev–Trinajstić information content (AvgIpc) is 2.78. The van der Waals surface area contributed by atoms with Crippen molar-refractivity contribution >= 4 is 15.9 Å². The van der Waals surface area contributed by atoms with Crippen LogP contribution in [0.3, 0.4) is 0 Å². The molecule has 106 valence electrons. The van der Waals surface area contributed by atoms with Crippen molar-refractivity contribution in [1.29, 1.82) is 0 Å². The summed E-state index contributed by atoms with van der Waals surface area (Å²) in [6, 6.07) is 0. The summed E-state index contributed by atoms with van der Waals surface area (Å²) in [7, 11) is 0. The van der Waals surface area contributed by atoms with Gasteiger partial charge in [-0.3, -0.25) is 0 Å². The van der Waals surface area contributed by atoms with Gasteiger partial charge in [-0.15, -0.1) is 0 Å². The summed E-state index contributed by atoms with van der Waals surface area (Å²) in [5, 5.41) is 1.13. The fourth-order valence-electron chi connectivity index (χ4n) is 3.30. The molecule has 2 aliphatic heterocycles. The molecule has 2 saturated heterocycles. The number of nitrogens with zero attached hydrogens (tertiary/aromatic N) is 1. The second kappa shape index (κ2) is 5.80. The van der Waals surface area contributed by atoms with Crippen molar-refractivity contribution in [2.24, 2.45) is 16.7 Å². The maximum absolute atomic E-state index is 5.53. The summed E-state index contributed by atoms with van der Waals surface area (Å²) >= 11 is 3.75. The molecule has 18 heavy (non-hydrogen) atoms. The second-order valence-corrected chi connectivity index (χ2v) is 7.89. The minimum absolute atomic E-state index is 0.463. The number of hydrogen-bond donors (Lipinski definition) is 0. The third-order valence-corrected chi connectivity index (χ3v) is 6.08. The van der Waals surface area contributed by atoms with Gasteiger partial charge in [0.15, 0.2) is 0 Å². The number of ether oxygens (including phenoxy) is 1. The van der Waals surface area contributed by atoms with Gasteiger partial charge in [0.1, 0.15) is 0 Å². The van der Waals surface area contributed by atoms with Crippen LogP contribution in [-0.4, -0.2) is 43.1 Å². The van der Waals surface area contributed by atoms with E-state index in [4.69, 9.17) is 4.74 Å². The SMILES string of the molecule is CC(C)(C)C1CCN(CC2(CBr)CCOCC2)C1. The zero-order chi connectivity index (χ0) is 13.2. The number of halogens is 1. The van der Waals surface area contributed by atoms with Crippen LogP contribution >= 0.6 is 15.9 Å². The van der Waals surface area contributed by atoms with Gasteiger partial charge in [0.2, 0.25) is 0 Å². The van der Waals surface area contributed by atoms with Crippen LogP contribution in [0.2, 0.25) is 0 Å². The minimum atomic E-state index is 0.463. The van der Waals surface area contributed by atoms with E-state index in [0.717, 1.165) is 24.5 Å². The van der Waals surface area contributed by atoms with Crippen LogP contribution in [0.15, 0.2) is 0 Å². The molecular formula is C15H28BrNO. The van der Waals surface area contributed by atoms with Gasteiger partial charge in [-0.1, -0.05) is 36.7 Å². The maximum Gasteiger partial charge on any atom is 0.0472 e. The molecule has 0 aliphatic carbocycles. The van der Waals surface area contributed by atoms with Gasteiger partial charge in [-0.25, -0.2) is 0 Å². The first-order chi connectivity index (χ1) is 8.45. The number of rotatable bonds is 3. The Morgan fingerprint density at radius 1 is 1.28 bits per heavy atom. The first kappa shape index (κ1) is 14.8. The molecule has 0 bridgehead atoms. The largest absolute Gasteiger partial charge is 0.381 e. The van der Waals surface area contributed by atoms with Crippen LogP contribution in [0, 0.1) is 16.7 Å². The highest BCUT2D eigenvalue weighted by Crippen LogP contribution is 2.38. The van der Waals surface area contributed by atoms with Gasteiger partial charge >= 0.3 is 0 Å². The van der Waals surface area contributed by atoms with Crippen LogP contribution in [0.4, 0.5) is 0 Å². The van der Waals surface area contributed by atoms with E-state index in [-0.39, 0.29) is 0 Å². The molecule has 0 amide bonds. The highest BCUT2D eigenvalue weighted by Gasteiger charge is 2.38. The van der Waals surface area contributed by atoms with Gasteiger partial charge in [0.05, 0.1) is 0 Å². The smallest absolute Gasteiger partial charge is 0.0472 e. The fraction of sp³-hybridized carbons (Fsp3) is 1.00. The quantitative estimate of drug-likeness (QED) is 0.738. The third-order valence-electron chi connectivity index (χ3n) is 4.89.